The molecule has 0 aliphatic rings. The summed E-state index contributed by atoms with van der Waals surface area (Å²) in [5, 5.41) is 24.0. The largest absolute Gasteiger partial charge is 0.477 e. The van der Waals surface area contributed by atoms with Crippen LogP contribution in [0.4, 0.5) is 0 Å². The lowest BCUT2D eigenvalue weighted by molar-refractivity contribution is -0.129. The van der Waals surface area contributed by atoms with Crippen LogP contribution in [0.3, 0.4) is 0 Å². The third kappa shape index (κ3) is 7.32. The molecule has 0 spiro atoms. The Hall–Kier alpha value is -0.630. The third-order valence-electron chi connectivity index (χ3n) is 1.51. The van der Waals surface area contributed by atoms with E-state index in [1.54, 1.807) is 0 Å². The van der Waals surface area contributed by atoms with E-state index in [9.17, 15) is 4.79 Å². The highest BCUT2D eigenvalue weighted by molar-refractivity contribution is 7.99. The minimum absolute atomic E-state index is 0.00611. The Balaban J connectivity index is 3.43. The van der Waals surface area contributed by atoms with E-state index in [4.69, 9.17) is 26.1 Å². The standard InChI is InChI=1S/C8H16N2O4S/c9-6(7(10)8(12)13)5-15-4-3-14-2-1-11/h6,10-11H,1-5,9H2,(H,12,13). The molecule has 0 aromatic carbocycles. The molecular formula is C8H16N2O4S. The summed E-state index contributed by atoms with van der Waals surface area (Å²) in [6.07, 6.45) is 0. The van der Waals surface area contributed by atoms with E-state index in [-0.39, 0.29) is 6.61 Å². The van der Waals surface area contributed by atoms with Crippen LogP contribution in [-0.2, 0) is 9.53 Å². The van der Waals surface area contributed by atoms with Crippen LogP contribution in [0.15, 0.2) is 0 Å². The minimum Gasteiger partial charge on any atom is -0.477 e. The maximum Gasteiger partial charge on any atom is 0.351 e. The highest BCUT2D eigenvalue weighted by atomic mass is 32.2. The molecule has 1 atom stereocenters. The number of carbonyl (C=O) groups is 1. The molecule has 5 N–H and O–H groups in total. The van der Waals surface area contributed by atoms with Crippen LogP contribution in [0.1, 0.15) is 0 Å². The molecule has 0 aliphatic heterocycles. The number of carboxylic acids is 1. The third-order valence-corrected chi connectivity index (χ3v) is 2.56. The molecular weight excluding hydrogens is 220 g/mol. The molecule has 6 nitrogen and oxygen atoms in total. The molecule has 0 saturated carbocycles. The quantitative estimate of drug-likeness (QED) is 0.306. The Morgan fingerprint density at radius 2 is 2.20 bits per heavy atom. The topological polar surface area (TPSA) is 117 Å². The number of carboxylic acid groups (broad SMARTS) is 1. The molecule has 0 rings (SSSR count). The first kappa shape index (κ1) is 14.4. The second-order valence-corrected chi connectivity index (χ2v) is 3.89. The summed E-state index contributed by atoms with van der Waals surface area (Å²) < 4.78 is 4.99. The van der Waals surface area contributed by atoms with Gasteiger partial charge in [0.1, 0.15) is 5.71 Å². The van der Waals surface area contributed by atoms with Gasteiger partial charge < -0.3 is 20.7 Å². The zero-order chi connectivity index (χ0) is 11.7. The molecule has 0 aromatic rings. The Morgan fingerprint density at radius 3 is 2.73 bits per heavy atom. The van der Waals surface area contributed by atoms with E-state index >= 15 is 0 Å². The van der Waals surface area contributed by atoms with Crippen LogP contribution in [0.25, 0.3) is 0 Å². The summed E-state index contributed by atoms with van der Waals surface area (Å²) in [6, 6.07) is -0.745. The summed E-state index contributed by atoms with van der Waals surface area (Å²) in [5.74, 6) is -0.228. The number of ether oxygens (including phenoxy) is 1. The van der Waals surface area contributed by atoms with Crippen LogP contribution in [0, 0.1) is 5.41 Å². The fourth-order valence-electron chi connectivity index (χ4n) is 0.737. The van der Waals surface area contributed by atoms with Crippen molar-refractivity contribution in [2.75, 3.05) is 31.3 Å². The van der Waals surface area contributed by atoms with Crippen LogP contribution in [-0.4, -0.2) is 59.3 Å². The number of aliphatic hydroxyl groups is 1. The Morgan fingerprint density at radius 1 is 1.53 bits per heavy atom. The maximum absolute atomic E-state index is 10.3. The average Bonchev–Trinajstić information content (AvgIpc) is 2.21. The smallest absolute Gasteiger partial charge is 0.351 e. The molecule has 0 heterocycles. The zero-order valence-electron chi connectivity index (χ0n) is 8.31. The predicted octanol–water partition coefficient (Wildman–Crippen LogP) is -0.840. The van der Waals surface area contributed by atoms with Crippen LogP contribution in [0.5, 0.6) is 0 Å². The Bertz CT molecular complexity index is 213. The molecule has 15 heavy (non-hydrogen) atoms. The van der Waals surface area contributed by atoms with Gasteiger partial charge in [-0.25, -0.2) is 4.79 Å². The van der Waals surface area contributed by atoms with E-state index in [2.05, 4.69) is 0 Å². The van der Waals surface area contributed by atoms with Gasteiger partial charge >= 0.3 is 5.97 Å². The first-order chi connectivity index (χ1) is 7.09. The lowest BCUT2D eigenvalue weighted by Crippen LogP contribution is -2.37. The second kappa shape index (κ2) is 8.66. The van der Waals surface area contributed by atoms with Crippen LogP contribution < -0.4 is 5.73 Å². The van der Waals surface area contributed by atoms with Crippen molar-refractivity contribution < 1.29 is 19.7 Å². The number of nitrogens with one attached hydrogen (secondary N) is 1. The normalized spacial score (nSPS) is 12.4. The molecule has 0 bridgehead atoms. The molecule has 0 amide bonds. The first-order valence-electron chi connectivity index (χ1n) is 4.43. The maximum atomic E-state index is 10.3. The SMILES string of the molecule is N=C(C(=O)O)C(N)CSCCOCCO. The van der Waals surface area contributed by atoms with Crippen molar-refractivity contribution in [2.45, 2.75) is 6.04 Å². The monoisotopic (exact) mass is 236 g/mol. The molecule has 0 aromatic heterocycles. The summed E-state index contributed by atoms with van der Waals surface area (Å²) >= 11 is 1.42. The van der Waals surface area contributed by atoms with E-state index < -0.39 is 17.7 Å². The molecule has 7 heteroatoms. The van der Waals surface area contributed by atoms with Gasteiger partial charge in [0.25, 0.3) is 0 Å². The number of hydrogen-bond acceptors (Lipinski definition) is 6. The molecule has 88 valence electrons. The summed E-state index contributed by atoms with van der Waals surface area (Å²) in [5.41, 5.74) is 4.98. The average molecular weight is 236 g/mol. The summed E-state index contributed by atoms with van der Waals surface area (Å²) in [7, 11) is 0. The van der Waals surface area contributed by atoms with Gasteiger partial charge in [-0.2, -0.15) is 11.8 Å². The van der Waals surface area contributed by atoms with E-state index in [0.29, 0.717) is 24.7 Å². The van der Waals surface area contributed by atoms with Gasteiger partial charge in [-0.3, -0.25) is 5.41 Å². The van der Waals surface area contributed by atoms with Gasteiger partial charge in [0.2, 0.25) is 0 Å². The lowest BCUT2D eigenvalue weighted by atomic mass is 10.2. The lowest BCUT2D eigenvalue weighted by Gasteiger charge is -2.09. The molecule has 1 unspecified atom stereocenters. The molecule has 0 aliphatic carbocycles. The molecule has 0 radical (unpaired) electrons. The van der Waals surface area contributed by atoms with Crippen LogP contribution >= 0.6 is 11.8 Å². The van der Waals surface area contributed by atoms with Gasteiger partial charge in [-0.05, 0) is 0 Å². The van der Waals surface area contributed by atoms with Crippen molar-refractivity contribution in [1.82, 2.24) is 0 Å². The first-order valence-corrected chi connectivity index (χ1v) is 5.58. The number of hydrogen-bond donors (Lipinski definition) is 4. The Kier molecular flexibility index (Phi) is 8.30. The van der Waals surface area contributed by atoms with Crippen molar-refractivity contribution >= 4 is 23.4 Å². The second-order valence-electron chi connectivity index (χ2n) is 2.74. The fraction of sp³-hybridized carbons (Fsp3) is 0.750. The summed E-state index contributed by atoms with van der Waals surface area (Å²) in [4.78, 5) is 10.3. The van der Waals surface area contributed by atoms with Gasteiger partial charge in [0.05, 0.1) is 25.9 Å². The number of aliphatic carboxylic acids is 1. The highest BCUT2D eigenvalue weighted by Crippen LogP contribution is 2.02. The van der Waals surface area contributed by atoms with Gasteiger partial charge in [0, 0.05) is 11.5 Å². The van der Waals surface area contributed by atoms with Crippen molar-refractivity contribution in [2.24, 2.45) is 5.73 Å². The van der Waals surface area contributed by atoms with E-state index in [1.165, 1.54) is 11.8 Å². The number of aliphatic hydroxyl groups excluding tert-OH is 1. The highest BCUT2D eigenvalue weighted by Gasteiger charge is 2.15. The summed E-state index contributed by atoms with van der Waals surface area (Å²) in [6.45, 7) is 0.781. The fourth-order valence-corrected chi connectivity index (χ4v) is 1.56. The van der Waals surface area contributed by atoms with Gasteiger partial charge in [0.15, 0.2) is 0 Å². The zero-order valence-corrected chi connectivity index (χ0v) is 9.13. The van der Waals surface area contributed by atoms with Crippen molar-refractivity contribution in [3.63, 3.8) is 0 Å². The van der Waals surface area contributed by atoms with E-state index in [1.807, 2.05) is 0 Å². The van der Waals surface area contributed by atoms with Crippen molar-refractivity contribution in [1.29, 1.82) is 5.41 Å². The van der Waals surface area contributed by atoms with E-state index in [0.717, 1.165) is 0 Å². The minimum atomic E-state index is -1.28. The number of thioether (sulfide) groups is 1. The Labute approximate surface area is 92.3 Å². The number of rotatable bonds is 9. The molecule has 0 fully saturated rings. The van der Waals surface area contributed by atoms with Crippen molar-refractivity contribution in [3.05, 3.63) is 0 Å². The van der Waals surface area contributed by atoms with Gasteiger partial charge in [-0.1, -0.05) is 0 Å². The van der Waals surface area contributed by atoms with Gasteiger partial charge in [-0.15, -0.1) is 0 Å². The number of nitrogens with two attached hydrogens (primary N) is 1. The molecule has 0 saturated heterocycles. The van der Waals surface area contributed by atoms with Crippen LogP contribution in [0.2, 0.25) is 0 Å². The van der Waals surface area contributed by atoms with Crippen molar-refractivity contribution in [3.8, 4) is 0 Å². The predicted molar refractivity (Wildman–Crippen MR) is 58.6 cm³/mol.